The first-order valence-electron chi connectivity index (χ1n) is 6.79. The number of rotatable bonds is 4. The molecule has 2 atom stereocenters. The fourth-order valence-corrected chi connectivity index (χ4v) is 2.72. The SMILES string of the molecule is Cc1cc(C(=N)N)cc(N2CC(O)CC2CN(C)C)n1. The summed E-state index contributed by atoms with van der Waals surface area (Å²) in [6, 6.07) is 3.86. The standard InChI is InChI=1S/C14H23N5O/c1-9-4-10(14(15)16)5-13(17-9)19-8-12(20)6-11(19)7-18(2)3/h4-5,11-12,20H,6-8H2,1-3H3,(H3,15,16). The van der Waals surface area contributed by atoms with Crippen LogP contribution < -0.4 is 10.6 Å². The van der Waals surface area contributed by atoms with E-state index in [1.807, 2.05) is 27.1 Å². The van der Waals surface area contributed by atoms with Gasteiger partial charge in [0.2, 0.25) is 0 Å². The fraction of sp³-hybridized carbons (Fsp3) is 0.571. The third kappa shape index (κ3) is 3.26. The Labute approximate surface area is 119 Å². The highest BCUT2D eigenvalue weighted by atomic mass is 16.3. The van der Waals surface area contributed by atoms with Crippen LogP contribution in [0.1, 0.15) is 17.7 Å². The maximum absolute atomic E-state index is 9.94. The van der Waals surface area contributed by atoms with E-state index in [0.29, 0.717) is 12.1 Å². The van der Waals surface area contributed by atoms with Crippen LogP contribution in [0.25, 0.3) is 0 Å². The number of β-amino-alcohol motifs (C(OH)–C–C–N with tert-alkyl or cyclic N) is 1. The second-order valence-corrected chi connectivity index (χ2v) is 5.73. The zero-order valence-corrected chi connectivity index (χ0v) is 12.3. The van der Waals surface area contributed by atoms with E-state index < -0.39 is 0 Å². The van der Waals surface area contributed by atoms with Crippen LogP contribution in [0.4, 0.5) is 5.82 Å². The maximum Gasteiger partial charge on any atom is 0.129 e. The predicted octanol–water partition coefficient (Wildman–Crippen LogP) is 0.175. The second kappa shape index (κ2) is 5.76. The molecular weight excluding hydrogens is 254 g/mol. The number of aromatic nitrogens is 1. The molecule has 1 aromatic rings. The number of nitrogen functional groups attached to an aromatic ring is 1. The van der Waals surface area contributed by atoms with Gasteiger partial charge in [-0.25, -0.2) is 4.98 Å². The molecule has 2 heterocycles. The molecule has 110 valence electrons. The number of aliphatic hydroxyl groups is 1. The Morgan fingerprint density at radius 3 is 2.85 bits per heavy atom. The molecule has 0 aliphatic carbocycles. The lowest BCUT2D eigenvalue weighted by Crippen LogP contribution is -2.38. The van der Waals surface area contributed by atoms with E-state index in [1.165, 1.54) is 0 Å². The summed E-state index contributed by atoms with van der Waals surface area (Å²) in [4.78, 5) is 8.76. The van der Waals surface area contributed by atoms with Crippen molar-refractivity contribution >= 4 is 11.7 Å². The Morgan fingerprint density at radius 1 is 1.55 bits per heavy atom. The van der Waals surface area contributed by atoms with Gasteiger partial charge in [0.05, 0.1) is 6.10 Å². The summed E-state index contributed by atoms with van der Waals surface area (Å²) in [6.07, 6.45) is 0.409. The lowest BCUT2D eigenvalue weighted by Gasteiger charge is -2.28. The smallest absolute Gasteiger partial charge is 0.129 e. The number of anilines is 1. The van der Waals surface area contributed by atoms with Crippen LogP contribution in [0.5, 0.6) is 0 Å². The molecule has 0 spiro atoms. The van der Waals surface area contributed by atoms with E-state index in [-0.39, 0.29) is 18.0 Å². The van der Waals surface area contributed by atoms with Crippen LogP contribution in [-0.4, -0.2) is 60.2 Å². The summed E-state index contributed by atoms with van der Waals surface area (Å²) in [5.74, 6) is 0.833. The Hall–Kier alpha value is -1.66. The number of nitrogens with one attached hydrogen (secondary N) is 1. The minimum absolute atomic E-state index is 0.0423. The van der Waals surface area contributed by atoms with Gasteiger partial charge >= 0.3 is 0 Å². The first kappa shape index (κ1) is 14.7. The third-order valence-corrected chi connectivity index (χ3v) is 3.51. The highest BCUT2D eigenvalue weighted by molar-refractivity contribution is 5.95. The lowest BCUT2D eigenvalue weighted by atomic mass is 10.1. The normalized spacial score (nSPS) is 22.6. The van der Waals surface area contributed by atoms with Crippen molar-refractivity contribution in [3.8, 4) is 0 Å². The summed E-state index contributed by atoms with van der Waals surface area (Å²) in [5.41, 5.74) is 7.08. The van der Waals surface area contributed by atoms with Crippen molar-refractivity contribution in [3.05, 3.63) is 23.4 Å². The summed E-state index contributed by atoms with van der Waals surface area (Å²) in [5, 5.41) is 17.5. The Balaban J connectivity index is 2.31. The molecule has 1 aliphatic heterocycles. The molecule has 0 saturated carbocycles. The van der Waals surface area contributed by atoms with Gasteiger partial charge in [-0.3, -0.25) is 5.41 Å². The summed E-state index contributed by atoms with van der Waals surface area (Å²) < 4.78 is 0. The number of pyridine rings is 1. The van der Waals surface area contributed by atoms with Gasteiger partial charge in [0.15, 0.2) is 0 Å². The number of nitrogens with two attached hydrogens (primary N) is 1. The maximum atomic E-state index is 9.94. The number of nitrogens with zero attached hydrogens (tertiary/aromatic N) is 3. The molecule has 2 rings (SSSR count). The first-order valence-corrected chi connectivity index (χ1v) is 6.79. The summed E-state index contributed by atoms with van der Waals surface area (Å²) in [6.45, 7) is 3.33. The third-order valence-electron chi connectivity index (χ3n) is 3.51. The minimum atomic E-state index is -0.331. The minimum Gasteiger partial charge on any atom is -0.391 e. The summed E-state index contributed by atoms with van der Waals surface area (Å²) >= 11 is 0. The van der Waals surface area contributed by atoms with Gasteiger partial charge in [-0.05, 0) is 39.6 Å². The highest BCUT2D eigenvalue weighted by Crippen LogP contribution is 2.25. The van der Waals surface area contributed by atoms with E-state index in [1.54, 1.807) is 6.07 Å². The zero-order valence-electron chi connectivity index (χ0n) is 12.3. The van der Waals surface area contributed by atoms with Crippen LogP contribution in [-0.2, 0) is 0 Å². The number of hydrogen-bond acceptors (Lipinski definition) is 5. The molecule has 0 aromatic carbocycles. The largest absolute Gasteiger partial charge is 0.391 e. The van der Waals surface area contributed by atoms with Crippen molar-refractivity contribution < 1.29 is 5.11 Å². The molecule has 6 nitrogen and oxygen atoms in total. The van der Waals surface area contributed by atoms with Gasteiger partial charge in [-0.1, -0.05) is 0 Å². The van der Waals surface area contributed by atoms with Crippen LogP contribution in [0.3, 0.4) is 0 Å². The van der Waals surface area contributed by atoms with Gasteiger partial charge in [0, 0.05) is 30.4 Å². The van der Waals surface area contributed by atoms with E-state index in [9.17, 15) is 5.11 Å². The average molecular weight is 277 g/mol. The Kier molecular flexibility index (Phi) is 4.25. The Morgan fingerprint density at radius 2 is 2.25 bits per heavy atom. The van der Waals surface area contributed by atoms with E-state index in [0.717, 1.165) is 24.5 Å². The van der Waals surface area contributed by atoms with Gasteiger partial charge in [-0.2, -0.15) is 0 Å². The van der Waals surface area contributed by atoms with Crippen molar-refractivity contribution in [1.82, 2.24) is 9.88 Å². The van der Waals surface area contributed by atoms with Crippen molar-refractivity contribution in [3.63, 3.8) is 0 Å². The van der Waals surface area contributed by atoms with Crippen LogP contribution >= 0.6 is 0 Å². The van der Waals surface area contributed by atoms with Crippen molar-refractivity contribution in [2.75, 3.05) is 32.1 Å². The molecule has 20 heavy (non-hydrogen) atoms. The van der Waals surface area contributed by atoms with Crippen molar-refractivity contribution in [2.24, 2.45) is 5.73 Å². The van der Waals surface area contributed by atoms with Crippen molar-refractivity contribution in [2.45, 2.75) is 25.5 Å². The molecule has 0 bridgehead atoms. The molecular formula is C14H23N5O. The van der Waals surface area contributed by atoms with Gasteiger partial charge in [0.25, 0.3) is 0 Å². The van der Waals surface area contributed by atoms with E-state index >= 15 is 0 Å². The predicted molar refractivity (Wildman–Crippen MR) is 80.3 cm³/mol. The summed E-state index contributed by atoms with van der Waals surface area (Å²) in [7, 11) is 4.04. The van der Waals surface area contributed by atoms with Gasteiger partial charge in [0.1, 0.15) is 11.7 Å². The number of likely N-dealkylation sites (N-methyl/N-ethyl adjacent to an activating group) is 1. The quantitative estimate of drug-likeness (QED) is 0.539. The van der Waals surface area contributed by atoms with E-state index in [2.05, 4.69) is 14.8 Å². The molecule has 6 heteroatoms. The highest BCUT2D eigenvalue weighted by Gasteiger charge is 2.32. The van der Waals surface area contributed by atoms with Gasteiger partial charge in [-0.15, -0.1) is 0 Å². The lowest BCUT2D eigenvalue weighted by molar-refractivity contribution is 0.191. The average Bonchev–Trinajstić information content (AvgIpc) is 2.68. The molecule has 1 fully saturated rings. The number of amidine groups is 1. The van der Waals surface area contributed by atoms with Crippen molar-refractivity contribution in [1.29, 1.82) is 5.41 Å². The molecule has 0 radical (unpaired) electrons. The fourth-order valence-electron chi connectivity index (χ4n) is 2.72. The molecule has 4 N–H and O–H groups in total. The second-order valence-electron chi connectivity index (χ2n) is 5.73. The topological polar surface area (TPSA) is 89.5 Å². The number of aliphatic hydroxyl groups excluding tert-OH is 1. The molecule has 1 saturated heterocycles. The number of hydrogen-bond donors (Lipinski definition) is 3. The van der Waals surface area contributed by atoms with Crippen LogP contribution in [0.15, 0.2) is 12.1 Å². The monoisotopic (exact) mass is 277 g/mol. The van der Waals surface area contributed by atoms with Crippen LogP contribution in [0, 0.1) is 12.3 Å². The molecule has 2 unspecified atom stereocenters. The number of aryl methyl sites for hydroxylation is 1. The Bertz CT molecular complexity index is 502. The first-order chi connectivity index (χ1) is 9.36. The van der Waals surface area contributed by atoms with E-state index in [4.69, 9.17) is 11.1 Å². The van der Waals surface area contributed by atoms with Gasteiger partial charge < -0.3 is 20.6 Å². The molecule has 1 aromatic heterocycles. The molecule has 0 amide bonds. The van der Waals surface area contributed by atoms with Crippen LogP contribution in [0.2, 0.25) is 0 Å². The molecule has 1 aliphatic rings. The zero-order chi connectivity index (χ0) is 14.9.